The highest BCUT2D eigenvalue weighted by atomic mass is 15.3. The molecule has 0 unspecified atom stereocenters. The predicted molar refractivity (Wildman–Crippen MR) is 93.7 cm³/mol. The number of hydrogen-bond donors (Lipinski definition) is 3. The molecule has 0 bridgehead atoms. The van der Waals surface area contributed by atoms with Gasteiger partial charge in [-0.3, -0.25) is 0 Å². The number of fused-ring (bicyclic) bond motifs is 1. The van der Waals surface area contributed by atoms with Crippen LogP contribution in [0, 0.1) is 0 Å². The molecule has 0 saturated heterocycles. The van der Waals surface area contributed by atoms with E-state index in [4.69, 9.17) is 0 Å². The second-order valence-corrected chi connectivity index (χ2v) is 6.58. The molecule has 0 spiro atoms. The smallest absolute Gasteiger partial charge is 0.245 e. The Hall–Kier alpha value is -2.63. The van der Waals surface area contributed by atoms with Crippen LogP contribution in [-0.2, 0) is 6.42 Å². The van der Waals surface area contributed by atoms with Crippen molar-refractivity contribution < 1.29 is 0 Å². The first-order valence-electron chi connectivity index (χ1n) is 7.78. The molecule has 2 aromatic heterocycles. The third-order valence-electron chi connectivity index (χ3n) is 3.42. The van der Waals surface area contributed by atoms with Crippen molar-refractivity contribution in [2.24, 2.45) is 0 Å². The molecule has 3 rings (SSSR count). The second kappa shape index (κ2) is 6.24. The summed E-state index contributed by atoms with van der Waals surface area (Å²) in [4.78, 5) is 7.73. The molecule has 0 aliphatic carbocycles. The maximum absolute atomic E-state index is 4.44. The quantitative estimate of drug-likeness (QED) is 0.674. The fraction of sp³-hybridized carbons (Fsp3) is 0.353. The van der Waals surface area contributed by atoms with E-state index >= 15 is 0 Å². The van der Waals surface area contributed by atoms with Crippen LogP contribution in [0.25, 0.3) is 10.9 Å². The lowest BCUT2D eigenvalue weighted by Gasteiger charge is -2.20. The molecule has 1 aromatic carbocycles. The minimum absolute atomic E-state index is 0.0929. The molecule has 0 aliphatic rings. The van der Waals surface area contributed by atoms with E-state index in [2.05, 4.69) is 76.0 Å². The Labute approximate surface area is 135 Å². The Balaban J connectivity index is 1.61. The number of anilines is 2. The zero-order valence-corrected chi connectivity index (χ0v) is 13.7. The van der Waals surface area contributed by atoms with Gasteiger partial charge in [0.2, 0.25) is 5.95 Å². The molecule has 23 heavy (non-hydrogen) atoms. The molecule has 0 radical (unpaired) electrons. The molecule has 6 nitrogen and oxygen atoms in total. The van der Waals surface area contributed by atoms with Crippen molar-refractivity contribution in [2.45, 2.75) is 32.7 Å². The molecule has 3 N–H and O–H groups in total. The largest absolute Gasteiger partial charge is 0.368 e. The maximum atomic E-state index is 4.44. The molecule has 0 saturated carbocycles. The van der Waals surface area contributed by atoms with Gasteiger partial charge in [-0.05, 0) is 38.8 Å². The average Bonchev–Trinajstić information content (AvgIpc) is 2.89. The molecule has 2 heterocycles. The summed E-state index contributed by atoms with van der Waals surface area (Å²) in [6.07, 6.45) is 4.62. The SMILES string of the molecule is CC(C)(C)Nc1nncc(NCCc2c[nH]c3ccccc23)n1. The van der Waals surface area contributed by atoms with Gasteiger partial charge in [-0.1, -0.05) is 18.2 Å². The summed E-state index contributed by atoms with van der Waals surface area (Å²) in [7, 11) is 0. The van der Waals surface area contributed by atoms with Crippen LogP contribution in [-0.4, -0.2) is 32.2 Å². The van der Waals surface area contributed by atoms with E-state index < -0.39 is 0 Å². The van der Waals surface area contributed by atoms with Crippen molar-refractivity contribution >= 4 is 22.7 Å². The van der Waals surface area contributed by atoms with Gasteiger partial charge in [0.25, 0.3) is 0 Å². The average molecular weight is 310 g/mol. The summed E-state index contributed by atoms with van der Waals surface area (Å²) in [6.45, 7) is 6.98. The lowest BCUT2D eigenvalue weighted by atomic mass is 10.1. The number of H-pyrrole nitrogens is 1. The van der Waals surface area contributed by atoms with Gasteiger partial charge in [0.05, 0.1) is 6.20 Å². The van der Waals surface area contributed by atoms with Gasteiger partial charge < -0.3 is 15.6 Å². The Morgan fingerprint density at radius 1 is 1.17 bits per heavy atom. The van der Waals surface area contributed by atoms with Gasteiger partial charge in [0.15, 0.2) is 5.82 Å². The fourth-order valence-electron chi connectivity index (χ4n) is 2.44. The number of aromatic amines is 1. The number of rotatable bonds is 5. The molecule has 3 aromatic rings. The summed E-state index contributed by atoms with van der Waals surface area (Å²) in [5.74, 6) is 1.26. The molecule has 0 fully saturated rings. The molecular formula is C17H22N6. The summed E-state index contributed by atoms with van der Waals surface area (Å²) in [5, 5.41) is 15.8. The molecule has 0 amide bonds. The highest BCUT2D eigenvalue weighted by molar-refractivity contribution is 5.83. The molecule has 120 valence electrons. The third-order valence-corrected chi connectivity index (χ3v) is 3.42. The van der Waals surface area contributed by atoms with Crippen LogP contribution >= 0.6 is 0 Å². The highest BCUT2D eigenvalue weighted by Gasteiger charge is 2.11. The monoisotopic (exact) mass is 310 g/mol. The van der Waals surface area contributed by atoms with E-state index in [-0.39, 0.29) is 5.54 Å². The molecular weight excluding hydrogens is 288 g/mol. The van der Waals surface area contributed by atoms with Gasteiger partial charge in [-0.15, -0.1) is 5.10 Å². The van der Waals surface area contributed by atoms with Crippen LogP contribution in [0.15, 0.2) is 36.7 Å². The normalized spacial score (nSPS) is 11.6. The number of para-hydroxylation sites is 1. The van der Waals surface area contributed by atoms with E-state index in [9.17, 15) is 0 Å². The Morgan fingerprint density at radius 2 is 2.00 bits per heavy atom. The van der Waals surface area contributed by atoms with Crippen molar-refractivity contribution in [1.29, 1.82) is 0 Å². The van der Waals surface area contributed by atoms with Crippen molar-refractivity contribution in [3.63, 3.8) is 0 Å². The van der Waals surface area contributed by atoms with Crippen LogP contribution in [0.3, 0.4) is 0 Å². The first-order chi connectivity index (χ1) is 11.0. The predicted octanol–water partition coefficient (Wildman–Crippen LogP) is 3.22. The number of benzene rings is 1. The van der Waals surface area contributed by atoms with E-state index in [0.717, 1.165) is 18.8 Å². The van der Waals surface area contributed by atoms with Gasteiger partial charge in [-0.25, -0.2) is 0 Å². The van der Waals surface area contributed by atoms with Crippen molar-refractivity contribution in [3.05, 3.63) is 42.2 Å². The minimum Gasteiger partial charge on any atom is -0.368 e. The Morgan fingerprint density at radius 3 is 2.83 bits per heavy atom. The lowest BCUT2D eigenvalue weighted by molar-refractivity contribution is 0.623. The van der Waals surface area contributed by atoms with Crippen LogP contribution < -0.4 is 10.6 Å². The topological polar surface area (TPSA) is 78.5 Å². The van der Waals surface area contributed by atoms with Gasteiger partial charge in [-0.2, -0.15) is 10.1 Å². The van der Waals surface area contributed by atoms with Crippen LogP contribution in [0.2, 0.25) is 0 Å². The van der Waals surface area contributed by atoms with E-state index in [1.54, 1.807) is 6.20 Å². The summed E-state index contributed by atoms with van der Waals surface area (Å²) < 4.78 is 0. The van der Waals surface area contributed by atoms with Crippen molar-refractivity contribution in [1.82, 2.24) is 20.2 Å². The molecule has 6 heteroatoms. The fourth-order valence-corrected chi connectivity index (χ4v) is 2.44. The lowest BCUT2D eigenvalue weighted by Crippen LogP contribution is -2.27. The third kappa shape index (κ3) is 3.97. The Kier molecular flexibility index (Phi) is 4.14. The Bertz CT molecular complexity index is 787. The molecule has 0 atom stereocenters. The summed E-state index contributed by atoms with van der Waals surface area (Å²) >= 11 is 0. The first-order valence-corrected chi connectivity index (χ1v) is 7.78. The number of nitrogens with one attached hydrogen (secondary N) is 3. The van der Waals surface area contributed by atoms with Crippen LogP contribution in [0.4, 0.5) is 11.8 Å². The van der Waals surface area contributed by atoms with E-state index in [1.165, 1.54) is 16.5 Å². The van der Waals surface area contributed by atoms with E-state index in [0.29, 0.717) is 5.95 Å². The number of aromatic nitrogens is 4. The number of nitrogens with zero attached hydrogens (tertiary/aromatic N) is 3. The van der Waals surface area contributed by atoms with Gasteiger partial charge in [0, 0.05) is 29.2 Å². The first kappa shape index (κ1) is 15.3. The van der Waals surface area contributed by atoms with Gasteiger partial charge in [0.1, 0.15) is 0 Å². The minimum atomic E-state index is -0.0929. The highest BCUT2D eigenvalue weighted by Crippen LogP contribution is 2.18. The van der Waals surface area contributed by atoms with Crippen LogP contribution in [0.5, 0.6) is 0 Å². The second-order valence-electron chi connectivity index (χ2n) is 6.58. The standard InChI is InChI=1S/C17H22N6/c1-17(2,3)22-16-21-15(11-20-23-16)18-9-8-12-10-19-14-7-5-4-6-13(12)14/h4-7,10-11,19H,8-9H2,1-3H3,(H2,18,21,22,23). The van der Waals surface area contributed by atoms with Crippen molar-refractivity contribution in [2.75, 3.05) is 17.2 Å². The number of hydrogen-bond acceptors (Lipinski definition) is 5. The maximum Gasteiger partial charge on any atom is 0.245 e. The summed E-state index contributed by atoms with van der Waals surface area (Å²) in [6, 6.07) is 8.33. The zero-order valence-electron chi connectivity index (χ0n) is 13.7. The van der Waals surface area contributed by atoms with E-state index in [1.807, 2.05) is 6.07 Å². The zero-order chi connectivity index (χ0) is 16.3. The summed E-state index contributed by atoms with van der Waals surface area (Å²) in [5.41, 5.74) is 2.37. The molecule has 0 aliphatic heterocycles. The van der Waals surface area contributed by atoms with Crippen LogP contribution in [0.1, 0.15) is 26.3 Å². The van der Waals surface area contributed by atoms with Crippen molar-refractivity contribution in [3.8, 4) is 0 Å². The van der Waals surface area contributed by atoms with Gasteiger partial charge >= 0.3 is 0 Å².